The SMILES string of the molecule is CCC(COC)NC1CCCNCC1. The summed E-state index contributed by atoms with van der Waals surface area (Å²) in [6, 6.07) is 1.22. The van der Waals surface area contributed by atoms with Gasteiger partial charge >= 0.3 is 0 Å². The van der Waals surface area contributed by atoms with Crippen LogP contribution in [0.3, 0.4) is 0 Å². The van der Waals surface area contributed by atoms with Crippen molar-refractivity contribution in [3.8, 4) is 0 Å². The highest BCUT2D eigenvalue weighted by Crippen LogP contribution is 2.07. The Bertz CT molecular complexity index is 133. The van der Waals surface area contributed by atoms with Gasteiger partial charge in [0.2, 0.25) is 0 Å². The Hall–Kier alpha value is -0.120. The molecule has 0 aliphatic carbocycles. The molecule has 0 radical (unpaired) electrons. The van der Waals surface area contributed by atoms with E-state index >= 15 is 0 Å². The normalized spacial score (nSPS) is 25.7. The van der Waals surface area contributed by atoms with Gasteiger partial charge in [-0.25, -0.2) is 0 Å². The predicted molar refractivity (Wildman–Crippen MR) is 59.6 cm³/mol. The second-order valence-electron chi connectivity index (χ2n) is 4.11. The summed E-state index contributed by atoms with van der Waals surface area (Å²) in [6.07, 6.45) is 4.99. The molecule has 1 aliphatic heterocycles. The third-order valence-electron chi connectivity index (χ3n) is 2.91. The molecular formula is C11H24N2O. The summed E-state index contributed by atoms with van der Waals surface area (Å²) in [7, 11) is 1.78. The van der Waals surface area contributed by atoms with Crippen molar-refractivity contribution in [1.29, 1.82) is 0 Å². The maximum absolute atomic E-state index is 5.19. The van der Waals surface area contributed by atoms with Gasteiger partial charge in [-0.15, -0.1) is 0 Å². The van der Waals surface area contributed by atoms with E-state index in [-0.39, 0.29) is 0 Å². The Morgan fingerprint density at radius 3 is 3.00 bits per heavy atom. The molecule has 0 amide bonds. The van der Waals surface area contributed by atoms with E-state index in [0.29, 0.717) is 12.1 Å². The fourth-order valence-corrected chi connectivity index (χ4v) is 2.00. The van der Waals surface area contributed by atoms with Gasteiger partial charge in [-0.3, -0.25) is 0 Å². The van der Waals surface area contributed by atoms with Crippen LogP contribution in [0.15, 0.2) is 0 Å². The molecule has 1 fully saturated rings. The molecule has 2 atom stereocenters. The molecule has 14 heavy (non-hydrogen) atoms. The summed E-state index contributed by atoms with van der Waals surface area (Å²) in [6.45, 7) is 5.38. The van der Waals surface area contributed by atoms with Crippen molar-refractivity contribution in [1.82, 2.24) is 10.6 Å². The van der Waals surface area contributed by atoms with E-state index < -0.39 is 0 Å². The first-order chi connectivity index (χ1) is 6.86. The second kappa shape index (κ2) is 7.21. The van der Waals surface area contributed by atoms with Gasteiger partial charge in [0, 0.05) is 19.2 Å². The van der Waals surface area contributed by atoms with E-state index in [1.807, 2.05) is 0 Å². The van der Waals surface area contributed by atoms with Gasteiger partial charge < -0.3 is 15.4 Å². The number of methoxy groups -OCH3 is 1. The quantitative estimate of drug-likeness (QED) is 0.698. The van der Waals surface area contributed by atoms with Crippen LogP contribution in [-0.2, 0) is 4.74 Å². The minimum atomic E-state index is 0.531. The number of hydrogen-bond acceptors (Lipinski definition) is 3. The highest BCUT2D eigenvalue weighted by molar-refractivity contribution is 4.76. The van der Waals surface area contributed by atoms with Gasteiger partial charge in [-0.05, 0) is 38.8 Å². The van der Waals surface area contributed by atoms with Crippen LogP contribution in [0.5, 0.6) is 0 Å². The molecule has 3 nitrogen and oxygen atoms in total. The molecule has 1 aliphatic rings. The van der Waals surface area contributed by atoms with Crippen molar-refractivity contribution in [2.75, 3.05) is 26.8 Å². The average Bonchev–Trinajstić information content (AvgIpc) is 2.45. The number of ether oxygens (including phenoxy) is 1. The van der Waals surface area contributed by atoms with E-state index in [0.717, 1.165) is 19.6 Å². The Morgan fingerprint density at radius 1 is 1.43 bits per heavy atom. The average molecular weight is 200 g/mol. The largest absolute Gasteiger partial charge is 0.383 e. The van der Waals surface area contributed by atoms with Gasteiger partial charge in [0.25, 0.3) is 0 Å². The van der Waals surface area contributed by atoms with Gasteiger partial charge in [0.1, 0.15) is 0 Å². The lowest BCUT2D eigenvalue weighted by atomic mass is 10.1. The van der Waals surface area contributed by atoms with Gasteiger partial charge in [-0.1, -0.05) is 6.92 Å². The number of nitrogens with one attached hydrogen (secondary N) is 2. The van der Waals surface area contributed by atoms with E-state index in [2.05, 4.69) is 17.6 Å². The van der Waals surface area contributed by atoms with Gasteiger partial charge in [-0.2, -0.15) is 0 Å². The maximum atomic E-state index is 5.19. The third-order valence-corrected chi connectivity index (χ3v) is 2.91. The molecule has 1 rings (SSSR count). The standard InChI is InChI=1S/C11H24N2O/c1-3-10(9-14-2)13-11-5-4-7-12-8-6-11/h10-13H,3-9H2,1-2H3. The smallest absolute Gasteiger partial charge is 0.0615 e. The Morgan fingerprint density at radius 2 is 2.29 bits per heavy atom. The lowest BCUT2D eigenvalue weighted by molar-refractivity contribution is 0.157. The summed E-state index contributed by atoms with van der Waals surface area (Å²) in [5.74, 6) is 0. The fourth-order valence-electron chi connectivity index (χ4n) is 2.00. The van der Waals surface area contributed by atoms with Crippen LogP contribution < -0.4 is 10.6 Å². The Balaban J connectivity index is 2.24. The van der Waals surface area contributed by atoms with E-state index in [4.69, 9.17) is 4.74 Å². The first kappa shape index (κ1) is 12.0. The van der Waals surface area contributed by atoms with Crippen molar-refractivity contribution in [3.05, 3.63) is 0 Å². The molecule has 84 valence electrons. The van der Waals surface area contributed by atoms with E-state index in [1.165, 1.54) is 25.8 Å². The minimum Gasteiger partial charge on any atom is -0.383 e. The molecular weight excluding hydrogens is 176 g/mol. The van der Waals surface area contributed by atoms with Crippen LogP contribution in [0.25, 0.3) is 0 Å². The van der Waals surface area contributed by atoms with Gasteiger partial charge in [0.15, 0.2) is 0 Å². The highest BCUT2D eigenvalue weighted by Gasteiger charge is 2.15. The molecule has 0 aromatic heterocycles. The van der Waals surface area contributed by atoms with Crippen molar-refractivity contribution >= 4 is 0 Å². The lowest BCUT2D eigenvalue weighted by Gasteiger charge is -2.23. The Labute approximate surface area is 87.6 Å². The van der Waals surface area contributed by atoms with Crippen LogP contribution in [0, 0.1) is 0 Å². The van der Waals surface area contributed by atoms with E-state index in [1.54, 1.807) is 7.11 Å². The maximum Gasteiger partial charge on any atom is 0.0615 e. The number of rotatable bonds is 5. The second-order valence-corrected chi connectivity index (χ2v) is 4.11. The van der Waals surface area contributed by atoms with E-state index in [9.17, 15) is 0 Å². The fraction of sp³-hybridized carbons (Fsp3) is 1.00. The molecule has 0 aromatic rings. The predicted octanol–water partition coefficient (Wildman–Crippen LogP) is 1.14. The molecule has 0 saturated carbocycles. The molecule has 0 bridgehead atoms. The van der Waals surface area contributed by atoms with Crippen molar-refractivity contribution in [2.45, 2.75) is 44.7 Å². The van der Waals surface area contributed by atoms with Crippen LogP contribution >= 0.6 is 0 Å². The summed E-state index contributed by atoms with van der Waals surface area (Å²) in [4.78, 5) is 0. The number of hydrogen-bond donors (Lipinski definition) is 2. The molecule has 1 heterocycles. The molecule has 1 saturated heterocycles. The first-order valence-electron chi connectivity index (χ1n) is 5.82. The Kier molecular flexibility index (Phi) is 6.15. The van der Waals surface area contributed by atoms with Crippen LogP contribution in [0.2, 0.25) is 0 Å². The summed E-state index contributed by atoms with van der Waals surface area (Å²) >= 11 is 0. The summed E-state index contributed by atoms with van der Waals surface area (Å²) in [5.41, 5.74) is 0. The van der Waals surface area contributed by atoms with Crippen LogP contribution in [0.1, 0.15) is 32.6 Å². The summed E-state index contributed by atoms with van der Waals surface area (Å²) in [5, 5.41) is 7.11. The lowest BCUT2D eigenvalue weighted by Crippen LogP contribution is -2.41. The van der Waals surface area contributed by atoms with Crippen molar-refractivity contribution in [3.63, 3.8) is 0 Å². The minimum absolute atomic E-state index is 0.531. The topological polar surface area (TPSA) is 33.3 Å². The first-order valence-corrected chi connectivity index (χ1v) is 5.82. The van der Waals surface area contributed by atoms with Gasteiger partial charge in [0.05, 0.1) is 6.61 Å². The molecule has 0 spiro atoms. The zero-order chi connectivity index (χ0) is 10.2. The zero-order valence-corrected chi connectivity index (χ0v) is 9.51. The molecule has 2 N–H and O–H groups in total. The zero-order valence-electron chi connectivity index (χ0n) is 9.51. The van der Waals surface area contributed by atoms with Crippen molar-refractivity contribution in [2.24, 2.45) is 0 Å². The molecule has 2 unspecified atom stereocenters. The molecule has 0 aromatic carbocycles. The molecule has 3 heteroatoms. The highest BCUT2D eigenvalue weighted by atomic mass is 16.5. The monoisotopic (exact) mass is 200 g/mol. The summed E-state index contributed by atoms with van der Waals surface area (Å²) < 4.78 is 5.19. The van der Waals surface area contributed by atoms with Crippen LogP contribution in [0.4, 0.5) is 0 Å². The third kappa shape index (κ3) is 4.40. The van der Waals surface area contributed by atoms with Crippen LogP contribution in [-0.4, -0.2) is 38.9 Å². The van der Waals surface area contributed by atoms with Crippen molar-refractivity contribution < 1.29 is 4.74 Å².